The van der Waals surface area contributed by atoms with Crippen LogP contribution in [0.1, 0.15) is 13.3 Å². The minimum atomic E-state index is -1.01. The smallest absolute Gasteiger partial charge is 0.341 e. The number of carboxylic acids is 1. The molecule has 0 radical (unpaired) electrons. The van der Waals surface area contributed by atoms with Crippen LogP contribution in [-0.2, 0) is 4.79 Å². The first kappa shape index (κ1) is 16.2. The Hall–Kier alpha value is -2.20. The van der Waals surface area contributed by atoms with Crippen molar-refractivity contribution in [2.24, 2.45) is 0 Å². The van der Waals surface area contributed by atoms with Gasteiger partial charge in [0.1, 0.15) is 11.5 Å². The molecule has 0 aliphatic rings. The molecule has 0 aliphatic heterocycles. The highest BCUT2D eigenvalue weighted by atomic mass is 35.5. The molecule has 0 unspecified atom stereocenters. The lowest BCUT2D eigenvalue weighted by Crippen LogP contribution is -2.09. The van der Waals surface area contributed by atoms with Crippen molar-refractivity contribution < 1.29 is 19.4 Å². The second kappa shape index (κ2) is 7.71. The lowest BCUT2D eigenvalue weighted by atomic mass is 10.1. The Balaban J connectivity index is 2.19. The largest absolute Gasteiger partial charge is 0.492 e. The van der Waals surface area contributed by atoms with Gasteiger partial charge in [0.15, 0.2) is 6.61 Å². The molecule has 2 rings (SSSR count). The SMILES string of the molecule is CCCOc1ccc(-c2cccc(OCC(=O)O)c2)cc1Cl. The van der Waals surface area contributed by atoms with E-state index in [4.69, 9.17) is 26.2 Å². The zero-order chi connectivity index (χ0) is 15.9. The number of rotatable bonds is 7. The van der Waals surface area contributed by atoms with Crippen LogP contribution in [0.2, 0.25) is 5.02 Å². The molecule has 4 nitrogen and oxygen atoms in total. The third-order valence-corrected chi connectivity index (χ3v) is 3.22. The first-order chi connectivity index (χ1) is 10.6. The van der Waals surface area contributed by atoms with Crippen LogP contribution < -0.4 is 9.47 Å². The van der Waals surface area contributed by atoms with Crippen molar-refractivity contribution in [2.45, 2.75) is 13.3 Å². The van der Waals surface area contributed by atoms with Crippen molar-refractivity contribution in [2.75, 3.05) is 13.2 Å². The second-order valence-electron chi connectivity index (χ2n) is 4.70. The summed E-state index contributed by atoms with van der Waals surface area (Å²) in [7, 11) is 0. The Morgan fingerprint density at radius 1 is 1.14 bits per heavy atom. The first-order valence-corrected chi connectivity index (χ1v) is 7.35. The van der Waals surface area contributed by atoms with Gasteiger partial charge in [-0.15, -0.1) is 0 Å². The summed E-state index contributed by atoms with van der Waals surface area (Å²) >= 11 is 6.22. The van der Waals surface area contributed by atoms with Crippen molar-refractivity contribution >= 4 is 17.6 Å². The van der Waals surface area contributed by atoms with Crippen molar-refractivity contribution in [3.05, 3.63) is 47.5 Å². The van der Waals surface area contributed by atoms with Gasteiger partial charge in [-0.3, -0.25) is 0 Å². The van der Waals surface area contributed by atoms with Crippen molar-refractivity contribution in [1.82, 2.24) is 0 Å². The van der Waals surface area contributed by atoms with Gasteiger partial charge >= 0.3 is 5.97 Å². The molecule has 0 saturated carbocycles. The van der Waals surface area contributed by atoms with E-state index in [1.54, 1.807) is 12.1 Å². The Morgan fingerprint density at radius 3 is 2.59 bits per heavy atom. The van der Waals surface area contributed by atoms with Crippen LogP contribution in [0.25, 0.3) is 11.1 Å². The zero-order valence-electron chi connectivity index (χ0n) is 12.2. The molecule has 0 amide bonds. The minimum Gasteiger partial charge on any atom is -0.492 e. The van der Waals surface area contributed by atoms with E-state index >= 15 is 0 Å². The summed E-state index contributed by atoms with van der Waals surface area (Å²) in [6.07, 6.45) is 0.918. The highest BCUT2D eigenvalue weighted by Gasteiger charge is 2.06. The van der Waals surface area contributed by atoms with Gasteiger partial charge in [-0.2, -0.15) is 0 Å². The summed E-state index contributed by atoms with van der Waals surface area (Å²) < 4.78 is 10.7. The number of halogens is 1. The Bertz CT molecular complexity index is 655. The molecular formula is C17H17ClO4. The molecule has 0 aliphatic carbocycles. The fraction of sp³-hybridized carbons (Fsp3) is 0.235. The third kappa shape index (κ3) is 4.40. The number of carbonyl (C=O) groups is 1. The van der Waals surface area contributed by atoms with Crippen molar-refractivity contribution in [3.8, 4) is 22.6 Å². The third-order valence-electron chi connectivity index (χ3n) is 2.92. The summed E-state index contributed by atoms with van der Waals surface area (Å²) in [6.45, 7) is 2.29. The van der Waals surface area contributed by atoms with Crippen LogP contribution in [-0.4, -0.2) is 24.3 Å². The van der Waals surface area contributed by atoms with E-state index in [9.17, 15) is 4.79 Å². The van der Waals surface area contributed by atoms with E-state index in [0.717, 1.165) is 17.5 Å². The van der Waals surface area contributed by atoms with Gasteiger partial charge in [0.2, 0.25) is 0 Å². The normalized spacial score (nSPS) is 10.3. The maximum absolute atomic E-state index is 10.5. The number of hydrogen-bond acceptors (Lipinski definition) is 3. The molecule has 0 aromatic heterocycles. The number of benzene rings is 2. The summed E-state index contributed by atoms with van der Waals surface area (Å²) in [6, 6.07) is 12.8. The second-order valence-corrected chi connectivity index (χ2v) is 5.11. The number of carboxylic acid groups (broad SMARTS) is 1. The maximum Gasteiger partial charge on any atom is 0.341 e. The van der Waals surface area contributed by atoms with E-state index in [1.807, 2.05) is 37.3 Å². The molecule has 0 atom stereocenters. The predicted molar refractivity (Wildman–Crippen MR) is 85.8 cm³/mol. The topological polar surface area (TPSA) is 55.8 Å². The lowest BCUT2D eigenvalue weighted by molar-refractivity contribution is -0.139. The quantitative estimate of drug-likeness (QED) is 0.828. The highest BCUT2D eigenvalue weighted by Crippen LogP contribution is 2.31. The van der Waals surface area contributed by atoms with Crippen LogP contribution in [0.3, 0.4) is 0 Å². The molecule has 0 fully saturated rings. The average molecular weight is 321 g/mol. The van der Waals surface area contributed by atoms with Gasteiger partial charge in [0.05, 0.1) is 11.6 Å². The van der Waals surface area contributed by atoms with E-state index in [2.05, 4.69) is 0 Å². The predicted octanol–water partition coefficient (Wildman–Crippen LogP) is 4.26. The van der Waals surface area contributed by atoms with Gasteiger partial charge in [0, 0.05) is 0 Å². The van der Waals surface area contributed by atoms with E-state index in [-0.39, 0.29) is 6.61 Å². The molecule has 1 N–H and O–H groups in total. The standard InChI is InChI=1S/C17H17ClO4/c1-2-8-21-16-7-6-13(10-15(16)18)12-4-3-5-14(9-12)22-11-17(19)20/h3-7,9-10H,2,8,11H2,1H3,(H,19,20). The van der Waals surface area contributed by atoms with Crippen LogP contribution in [0.15, 0.2) is 42.5 Å². The Kier molecular flexibility index (Phi) is 5.67. The average Bonchev–Trinajstić information content (AvgIpc) is 2.52. The molecule has 0 spiro atoms. The van der Waals surface area contributed by atoms with Crippen molar-refractivity contribution in [3.63, 3.8) is 0 Å². The van der Waals surface area contributed by atoms with E-state index in [0.29, 0.717) is 23.1 Å². The molecule has 0 saturated heterocycles. The number of hydrogen-bond donors (Lipinski definition) is 1. The zero-order valence-corrected chi connectivity index (χ0v) is 13.0. The fourth-order valence-corrected chi connectivity index (χ4v) is 2.16. The minimum absolute atomic E-state index is 0.367. The van der Waals surface area contributed by atoms with Crippen molar-refractivity contribution in [1.29, 1.82) is 0 Å². The monoisotopic (exact) mass is 320 g/mol. The maximum atomic E-state index is 10.5. The van der Waals surface area contributed by atoms with E-state index < -0.39 is 5.97 Å². The lowest BCUT2D eigenvalue weighted by Gasteiger charge is -2.10. The van der Waals surface area contributed by atoms with Crippen LogP contribution in [0.5, 0.6) is 11.5 Å². The molecule has 22 heavy (non-hydrogen) atoms. The van der Waals surface area contributed by atoms with E-state index in [1.165, 1.54) is 0 Å². The molecule has 2 aromatic rings. The first-order valence-electron chi connectivity index (χ1n) is 6.97. The summed E-state index contributed by atoms with van der Waals surface area (Å²) in [5, 5.41) is 9.19. The summed E-state index contributed by atoms with van der Waals surface area (Å²) in [4.78, 5) is 10.5. The Morgan fingerprint density at radius 2 is 1.91 bits per heavy atom. The van der Waals surface area contributed by atoms with Crippen LogP contribution >= 0.6 is 11.6 Å². The molecule has 2 aromatic carbocycles. The number of ether oxygens (including phenoxy) is 2. The van der Waals surface area contributed by atoms with Crippen LogP contribution in [0, 0.1) is 0 Å². The number of aliphatic carboxylic acids is 1. The van der Waals surface area contributed by atoms with Gasteiger partial charge in [-0.1, -0.05) is 36.7 Å². The van der Waals surface area contributed by atoms with Crippen LogP contribution in [0.4, 0.5) is 0 Å². The molecule has 0 bridgehead atoms. The Labute approximate surface area is 134 Å². The van der Waals surface area contributed by atoms with Gasteiger partial charge in [-0.25, -0.2) is 4.79 Å². The van der Waals surface area contributed by atoms with Gasteiger partial charge < -0.3 is 14.6 Å². The van der Waals surface area contributed by atoms with Gasteiger partial charge in [0.25, 0.3) is 0 Å². The van der Waals surface area contributed by atoms with Gasteiger partial charge in [-0.05, 0) is 41.8 Å². The summed E-state index contributed by atoms with van der Waals surface area (Å²) in [5.74, 6) is 0.152. The highest BCUT2D eigenvalue weighted by molar-refractivity contribution is 6.32. The molecule has 5 heteroatoms. The summed E-state index contributed by atoms with van der Waals surface area (Å²) in [5.41, 5.74) is 1.81. The fourth-order valence-electron chi connectivity index (χ4n) is 1.92. The molecule has 116 valence electrons. The molecular weight excluding hydrogens is 304 g/mol. The molecule has 0 heterocycles.